The zero-order valence-electron chi connectivity index (χ0n) is 11.8. The summed E-state index contributed by atoms with van der Waals surface area (Å²) >= 11 is 0. The molecule has 4 N–H and O–H groups in total. The van der Waals surface area contributed by atoms with Crippen LogP contribution in [0, 0.1) is 12.8 Å². The number of hydrogen-bond donors (Lipinski definition) is 3. The van der Waals surface area contributed by atoms with Gasteiger partial charge in [-0.2, -0.15) is 0 Å². The average molecular weight is 263 g/mol. The summed E-state index contributed by atoms with van der Waals surface area (Å²) < 4.78 is 0. The van der Waals surface area contributed by atoms with Crippen LogP contribution in [0.3, 0.4) is 0 Å². The number of nitrogens with two attached hydrogens (primary N) is 1. The highest BCUT2D eigenvalue weighted by Crippen LogP contribution is 2.18. The van der Waals surface area contributed by atoms with Gasteiger partial charge in [0.1, 0.15) is 0 Å². The molecule has 104 valence electrons. The van der Waals surface area contributed by atoms with Crippen LogP contribution >= 0.6 is 0 Å². The molecule has 1 aromatic rings. The lowest BCUT2D eigenvalue weighted by Crippen LogP contribution is -2.34. The third kappa shape index (κ3) is 3.79. The maximum absolute atomic E-state index is 12.0. The third-order valence-electron chi connectivity index (χ3n) is 3.19. The van der Waals surface area contributed by atoms with Crippen molar-refractivity contribution in [3.63, 3.8) is 0 Å². The Kier molecular flexibility index (Phi) is 5.06. The van der Waals surface area contributed by atoms with E-state index in [1.165, 1.54) is 0 Å². The quantitative estimate of drug-likeness (QED) is 0.765. The van der Waals surface area contributed by atoms with Crippen LogP contribution in [0.5, 0.6) is 0 Å². The van der Waals surface area contributed by atoms with Crippen LogP contribution in [0.1, 0.15) is 29.8 Å². The number of rotatable bonds is 4. The standard InChI is InChI=1S/C14H21N3O2/c1-8-5-6-11(14(19)16-4)7-12(8)17-13(18)9(2)10(3)15/h5-7,9-10H,15H2,1-4H3,(H,16,19)(H,17,18). The van der Waals surface area contributed by atoms with Gasteiger partial charge in [-0.3, -0.25) is 9.59 Å². The number of benzene rings is 1. The van der Waals surface area contributed by atoms with Crippen LogP contribution < -0.4 is 16.4 Å². The Hall–Kier alpha value is -1.88. The minimum atomic E-state index is -0.289. The van der Waals surface area contributed by atoms with E-state index in [4.69, 9.17) is 5.73 Å². The Balaban J connectivity index is 2.94. The van der Waals surface area contributed by atoms with Crippen LogP contribution in [0.25, 0.3) is 0 Å². The van der Waals surface area contributed by atoms with Gasteiger partial charge in [0.15, 0.2) is 0 Å². The predicted molar refractivity (Wildman–Crippen MR) is 76.0 cm³/mol. The molecule has 5 nitrogen and oxygen atoms in total. The lowest BCUT2D eigenvalue weighted by atomic mass is 10.0. The fraction of sp³-hybridized carbons (Fsp3) is 0.429. The highest BCUT2D eigenvalue weighted by Gasteiger charge is 2.18. The smallest absolute Gasteiger partial charge is 0.251 e. The molecular formula is C14H21N3O2. The topological polar surface area (TPSA) is 84.2 Å². The largest absolute Gasteiger partial charge is 0.355 e. The van der Waals surface area contributed by atoms with Crippen LogP contribution in [-0.2, 0) is 4.79 Å². The fourth-order valence-electron chi connectivity index (χ4n) is 1.53. The minimum Gasteiger partial charge on any atom is -0.355 e. The molecule has 0 heterocycles. The number of carbonyl (C=O) groups excluding carboxylic acids is 2. The van der Waals surface area contributed by atoms with Crippen molar-refractivity contribution < 1.29 is 9.59 Å². The molecule has 2 unspecified atom stereocenters. The van der Waals surface area contributed by atoms with Crippen molar-refractivity contribution >= 4 is 17.5 Å². The summed E-state index contributed by atoms with van der Waals surface area (Å²) in [5.41, 5.74) is 7.75. The second kappa shape index (κ2) is 6.33. The second-order valence-electron chi connectivity index (χ2n) is 4.75. The molecule has 0 saturated heterocycles. The molecule has 1 aromatic carbocycles. The van der Waals surface area contributed by atoms with Gasteiger partial charge in [0.2, 0.25) is 5.91 Å². The maximum atomic E-state index is 12.0. The zero-order chi connectivity index (χ0) is 14.6. The number of anilines is 1. The fourth-order valence-corrected chi connectivity index (χ4v) is 1.53. The van der Waals surface area contributed by atoms with E-state index < -0.39 is 0 Å². The highest BCUT2D eigenvalue weighted by molar-refractivity contribution is 5.98. The zero-order valence-corrected chi connectivity index (χ0v) is 11.8. The average Bonchev–Trinajstić information content (AvgIpc) is 2.39. The molecule has 0 saturated carbocycles. The molecular weight excluding hydrogens is 242 g/mol. The molecule has 19 heavy (non-hydrogen) atoms. The van der Waals surface area contributed by atoms with E-state index in [1.54, 1.807) is 39.1 Å². The van der Waals surface area contributed by atoms with E-state index >= 15 is 0 Å². The number of nitrogens with one attached hydrogen (secondary N) is 2. The van der Waals surface area contributed by atoms with E-state index in [-0.39, 0.29) is 23.8 Å². The highest BCUT2D eigenvalue weighted by atomic mass is 16.2. The van der Waals surface area contributed by atoms with Crippen LogP contribution in [0.4, 0.5) is 5.69 Å². The van der Waals surface area contributed by atoms with Gasteiger partial charge in [-0.15, -0.1) is 0 Å². The first kappa shape index (κ1) is 15.2. The van der Waals surface area contributed by atoms with Gasteiger partial charge in [-0.1, -0.05) is 13.0 Å². The SMILES string of the molecule is CNC(=O)c1ccc(C)c(NC(=O)C(C)C(C)N)c1. The lowest BCUT2D eigenvalue weighted by molar-refractivity contribution is -0.119. The van der Waals surface area contributed by atoms with Crippen LogP contribution in [-0.4, -0.2) is 24.9 Å². The Morgan fingerprint density at radius 1 is 1.26 bits per heavy atom. The minimum absolute atomic E-state index is 0.146. The number of hydrogen-bond acceptors (Lipinski definition) is 3. The molecule has 2 amide bonds. The summed E-state index contributed by atoms with van der Waals surface area (Å²) in [4.78, 5) is 23.5. The Morgan fingerprint density at radius 2 is 1.89 bits per heavy atom. The van der Waals surface area contributed by atoms with Gasteiger partial charge in [0.05, 0.1) is 5.92 Å². The Bertz CT molecular complexity index is 484. The van der Waals surface area contributed by atoms with Crippen molar-refractivity contribution in [2.75, 3.05) is 12.4 Å². The first-order chi connectivity index (χ1) is 8.86. The molecule has 5 heteroatoms. The van der Waals surface area contributed by atoms with E-state index in [2.05, 4.69) is 10.6 Å². The predicted octanol–water partition coefficient (Wildman–Crippen LogP) is 1.28. The molecule has 2 atom stereocenters. The number of amides is 2. The van der Waals surface area contributed by atoms with Gasteiger partial charge < -0.3 is 16.4 Å². The summed E-state index contributed by atoms with van der Waals surface area (Å²) in [5.74, 6) is -0.619. The summed E-state index contributed by atoms with van der Waals surface area (Å²) in [6.45, 7) is 5.44. The molecule has 0 radical (unpaired) electrons. The summed E-state index contributed by atoms with van der Waals surface area (Å²) in [5, 5.41) is 5.36. The summed E-state index contributed by atoms with van der Waals surface area (Å²) in [6, 6.07) is 4.97. The van der Waals surface area contributed by atoms with Gasteiger partial charge in [-0.25, -0.2) is 0 Å². The van der Waals surface area contributed by atoms with E-state index in [9.17, 15) is 9.59 Å². The Morgan fingerprint density at radius 3 is 2.42 bits per heavy atom. The summed E-state index contributed by atoms with van der Waals surface area (Å²) in [7, 11) is 1.57. The van der Waals surface area contributed by atoms with E-state index in [0.717, 1.165) is 5.56 Å². The lowest BCUT2D eigenvalue weighted by Gasteiger charge is -2.17. The van der Waals surface area contributed by atoms with Gasteiger partial charge in [0.25, 0.3) is 5.91 Å². The maximum Gasteiger partial charge on any atom is 0.251 e. The van der Waals surface area contributed by atoms with Crippen molar-refractivity contribution in [1.82, 2.24) is 5.32 Å². The van der Waals surface area contributed by atoms with Crippen molar-refractivity contribution in [2.45, 2.75) is 26.8 Å². The third-order valence-corrected chi connectivity index (χ3v) is 3.19. The first-order valence-corrected chi connectivity index (χ1v) is 6.26. The van der Waals surface area contributed by atoms with Crippen LogP contribution in [0.15, 0.2) is 18.2 Å². The normalized spacial score (nSPS) is 13.5. The first-order valence-electron chi connectivity index (χ1n) is 6.26. The van der Waals surface area contributed by atoms with E-state index in [0.29, 0.717) is 11.3 Å². The number of carbonyl (C=O) groups is 2. The number of aryl methyl sites for hydroxylation is 1. The molecule has 1 rings (SSSR count). The second-order valence-corrected chi connectivity index (χ2v) is 4.75. The molecule has 0 spiro atoms. The van der Waals surface area contributed by atoms with Crippen molar-refractivity contribution in [3.05, 3.63) is 29.3 Å². The molecule has 0 aliphatic heterocycles. The van der Waals surface area contributed by atoms with Crippen molar-refractivity contribution in [2.24, 2.45) is 11.7 Å². The van der Waals surface area contributed by atoms with Crippen LogP contribution in [0.2, 0.25) is 0 Å². The molecule has 0 bridgehead atoms. The van der Waals surface area contributed by atoms with Crippen molar-refractivity contribution in [1.29, 1.82) is 0 Å². The van der Waals surface area contributed by atoms with Gasteiger partial charge >= 0.3 is 0 Å². The molecule has 0 aliphatic rings. The molecule has 0 fully saturated rings. The molecule has 0 aromatic heterocycles. The van der Waals surface area contributed by atoms with E-state index in [1.807, 2.05) is 6.92 Å². The Labute approximate surface area is 113 Å². The summed E-state index contributed by atoms with van der Waals surface area (Å²) in [6.07, 6.45) is 0. The van der Waals surface area contributed by atoms with Gasteiger partial charge in [-0.05, 0) is 31.5 Å². The molecule has 0 aliphatic carbocycles. The van der Waals surface area contributed by atoms with Crippen molar-refractivity contribution in [3.8, 4) is 0 Å². The monoisotopic (exact) mass is 263 g/mol. The van der Waals surface area contributed by atoms with Gasteiger partial charge in [0, 0.05) is 24.3 Å².